The summed E-state index contributed by atoms with van der Waals surface area (Å²) in [6.45, 7) is 7.40. The van der Waals surface area contributed by atoms with Gasteiger partial charge < -0.3 is 10.2 Å². The van der Waals surface area contributed by atoms with Crippen LogP contribution >= 0.6 is 17.2 Å². The zero-order valence-corrected chi connectivity index (χ0v) is 26.5. The number of nitrogens with zero attached hydrogens (tertiary/aromatic N) is 1. The van der Waals surface area contributed by atoms with Gasteiger partial charge in [0.25, 0.3) is 0 Å². The van der Waals surface area contributed by atoms with Gasteiger partial charge in [-0.15, -0.1) is 9.24 Å². The van der Waals surface area contributed by atoms with E-state index >= 15 is 0 Å². The van der Waals surface area contributed by atoms with Crippen molar-refractivity contribution in [3.05, 3.63) is 66.2 Å². The van der Waals surface area contributed by atoms with Crippen molar-refractivity contribution in [2.24, 2.45) is 5.92 Å². The van der Waals surface area contributed by atoms with E-state index in [-0.39, 0.29) is 25.3 Å². The quantitative estimate of drug-likeness (QED) is 0.343. The number of nitrogens with one attached hydrogen (secondary N) is 1. The summed E-state index contributed by atoms with van der Waals surface area (Å²) in [4.78, 5) is 17.4. The second-order valence-electron chi connectivity index (χ2n) is 13.3. The van der Waals surface area contributed by atoms with Gasteiger partial charge in [-0.3, -0.25) is 4.79 Å². The fourth-order valence-corrected chi connectivity index (χ4v) is 13.4. The predicted molar refractivity (Wildman–Crippen MR) is 172 cm³/mol. The van der Waals surface area contributed by atoms with Crippen molar-refractivity contribution >= 4 is 28.8 Å². The van der Waals surface area contributed by atoms with E-state index in [1.807, 2.05) is 0 Å². The van der Waals surface area contributed by atoms with Crippen LogP contribution in [0.3, 0.4) is 0 Å². The first kappa shape index (κ1) is 29.1. The Hall–Kier alpha value is -1.43. The van der Waals surface area contributed by atoms with Crippen LogP contribution in [0.15, 0.2) is 60.7 Å². The van der Waals surface area contributed by atoms with Gasteiger partial charge in [0.05, 0.1) is 11.5 Å². The molecule has 0 radical (unpaired) electrons. The molecule has 1 heterocycles. The molecule has 3 aliphatic rings. The summed E-state index contributed by atoms with van der Waals surface area (Å²) in [6.07, 6.45) is 14.6. The van der Waals surface area contributed by atoms with Gasteiger partial charge in [0.1, 0.15) is 0 Å². The Kier molecular flexibility index (Phi) is 9.40. The van der Waals surface area contributed by atoms with Crippen molar-refractivity contribution in [2.45, 2.75) is 113 Å². The maximum Gasteiger partial charge on any atom is 0.226 e. The number of carbonyl (C=O) groups excluding carboxylic acids is 1. The van der Waals surface area contributed by atoms with Gasteiger partial charge in [-0.05, 0) is 81.6 Å². The van der Waals surface area contributed by atoms with E-state index in [1.165, 1.54) is 75.5 Å². The minimum Gasteiger partial charge on any atom is -0.360 e. The van der Waals surface area contributed by atoms with Crippen molar-refractivity contribution in [3.63, 3.8) is 0 Å². The Morgan fingerprint density at radius 1 is 0.872 bits per heavy atom. The fraction of sp³-hybridized carbons (Fsp3) is 0.618. The molecule has 2 saturated carbocycles. The Bertz CT molecular complexity index is 1040. The van der Waals surface area contributed by atoms with E-state index in [1.54, 1.807) is 0 Å². The van der Waals surface area contributed by atoms with Crippen LogP contribution < -0.4 is 10.2 Å². The monoisotopic (exact) mass is 564 g/mol. The molecular formula is C34H50N2OP2. The van der Waals surface area contributed by atoms with E-state index in [0.29, 0.717) is 5.66 Å². The Balaban J connectivity index is 1.69. The third-order valence-electron chi connectivity index (χ3n) is 9.56. The van der Waals surface area contributed by atoms with E-state index in [2.05, 4.69) is 101 Å². The normalized spacial score (nSPS) is 27.2. The maximum absolute atomic E-state index is 14.7. The van der Waals surface area contributed by atoms with Gasteiger partial charge in [-0.25, -0.2) is 0 Å². The standard InChI is InChI=1S/C34H50N2OP2/c1-33(2,3)35-32(37)31-30(39(28-20-12-6-13-21-28)29-22-14-7-15-23-29)24-36(27-18-10-5-11-19-27)34(31,25-38)26-16-8-4-9-17-26/h4-5,8-11,16-19,28-31H,6-7,12-15,20-25,38H2,1-3H3,(H,35,37)/t30-,31?,34-/m1/s1. The van der Waals surface area contributed by atoms with Crippen molar-refractivity contribution in [1.29, 1.82) is 0 Å². The summed E-state index contributed by atoms with van der Waals surface area (Å²) in [5, 5.41) is 3.52. The minimum atomic E-state index is -0.392. The molecular weight excluding hydrogens is 514 g/mol. The summed E-state index contributed by atoms with van der Waals surface area (Å²) >= 11 is 0. The Labute approximate surface area is 241 Å². The molecule has 1 amide bonds. The molecule has 3 fully saturated rings. The molecule has 2 aromatic rings. The highest BCUT2D eigenvalue weighted by Crippen LogP contribution is 2.65. The third-order valence-corrected chi connectivity index (χ3v) is 14.1. The van der Waals surface area contributed by atoms with Crippen LogP contribution in [0.5, 0.6) is 0 Å². The predicted octanol–water partition coefficient (Wildman–Crippen LogP) is 8.32. The molecule has 4 atom stereocenters. The molecule has 1 saturated heterocycles. The zero-order valence-electron chi connectivity index (χ0n) is 24.4. The average Bonchev–Trinajstić information content (AvgIpc) is 3.30. The second kappa shape index (κ2) is 12.6. The molecule has 1 aliphatic heterocycles. The molecule has 5 rings (SSSR count). The van der Waals surface area contributed by atoms with Gasteiger partial charge >= 0.3 is 0 Å². The Morgan fingerprint density at radius 3 is 1.87 bits per heavy atom. The SMILES string of the molecule is CC(C)(C)NC(=O)C1[C@H](P(C2CCCCC2)C2CCCCC2)CN(c2ccccc2)[C@]1(CP)c1ccccc1. The summed E-state index contributed by atoms with van der Waals surface area (Å²) in [5.41, 5.74) is 3.89. The van der Waals surface area contributed by atoms with Gasteiger partial charge in [0.15, 0.2) is 0 Å². The van der Waals surface area contributed by atoms with Crippen LogP contribution in [0.2, 0.25) is 0 Å². The number of rotatable bonds is 7. The number of hydrogen-bond acceptors (Lipinski definition) is 2. The van der Waals surface area contributed by atoms with Crippen molar-refractivity contribution < 1.29 is 4.79 Å². The lowest BCUT2D eigenvalue weighted by Crippen LogP contribution is -2.55. The molecule has 3 nitrogen and oxygen atoms in total. The van der Waals surface area contributed by atoms with E-state index in [0.717, 1.165) is 24.0 Å². The second-order valence-corrected chi connectivity index (χ2v) is 16.7. The van der Waals surface area contributed by atoms with Gasteiger partial charge in [-0.1, -0.05) is 95.0 Å². The molecule has 2 aliphatic carbocycles. The molecule has 5 heteroatoms. The van der Waals surface area contributed by atoms with Gasteiger partial charge in [0, 0.05) is 23.4 Å². The largest absolute Gasteiger partial charge is 0.360 e. The zero-order chi connectivity index (χ0) is 27.5. The molecule has 39 heavy (non-hydrogen) atoms. The molecule has 0 aromatic heterocycles. The summed E-state index contributed by atoms with van der Waals surface area (Å²) in [6, 6.07) is 22.0. The summed E-state index contributed by atoms with van der Waals surface area (Å²) < 4.78 is 0. The number of amides is 1. The van der Waals surface area contributed by atoms with Gasteiger partial charge in [0.2, 0.25) is 5.91 Å². The van der Waals surface area contributed by atoms with Crippen LogP contribution in [0.4, 0.5) is 5.69 Å². The lowest BCUT2D eigenvalue weighted by Gasteiger charge is -2.46. The number of hydrogen-bond donors (Lipinski definition) is 1. The van der Waals surface area contributed by atoms with Crippen LogP contribution in [0.25, 0.3) is 0 Å². The summed E-state index contributed by atoms with van der Waals surface area (Å²) in [7, 11) is 2.80. The van der Waals surface area contributed by atoms with Crippen molar-refractivity contribution in [1.82, 2.24) is 5.32 Å². The van der Waals surface area contributed by atoms with E-state index in [9.17, 15) is 4.79 Å². The molecule has 2 unspecified atom stereocenters. The summed E-state index contributed by atoms with van der Waals surface area (Å²) in [5.74, 6) is 0.183. The maximum atomic E-state index is 14.7. The fourth-order valence-electron chi connectivity index (χ4n) is 8.01. The third kappa shape index (κ3) is 6.11. The first-order valence-electron chi connectivity index (χ1n) is 15.5. The van der Waals surface area contributed by atoms with Crippen molar-refractivity contribution in [2.75, 3.05) is 17.6 Å². The minimum absolute atomic E-state index is 0.0770. The van der Waals surface area contributed by atoms with Crippen molar-refractivity contribution in [3.8, 4) is 0 Å². The first-order valence-corrected chi connectivity index (χ1v) is 17.9. The number of anilines is 1. The smallest absolute Gasteiger partial charge is 0.226 e. The molecule has 0 spiro atoms. The van der Waals surface area contributed by atoms with Crippen LogP contribution in [0.1, 0.15) is 90.5 Å². The number of carbonyl (C=O) groups is 1. The highest BCUT2D eigenvalue weighted by atomic mass is 31.1. The lowest BCUT2D eigenvalue weighted by atomic mass is 9.78. The number of benzene rings is 2. The highest BCUT2D eigenvalue weighted by Gasteiger charge is 2.60. The van der Waals surface area contributed by atoms with E-state index in [4.69, 9.17) is 0 Å². The Morgan fingerprint density at radius 2 is 1.38 bits per heavy atom. The van der Waals surface area contributed by atoms with Crippen LogP contribution in [-0.2, 0) is 10.3 Å². The molecule has 212 valence electrons. The highest BCUT2D eigenvalue weighted by molar-refractivity contribution is 7.60. The van der Waals surface area contributed by atoms with Crippen LogP contribution in [0, 0.1) is 5.92 Å². The first-order chi connectivity index (χ1) is 18.8. The lowest BCUT2D eigenvalue weighted by molar-refractivity contribution is -0.127. The molecule has 1 N–H and O–H groups in total. The van der Waals surface area contributed by atoms with Gasteiger partial charge in [-0.2, -0.15) is 0 Å². The average molecular weight is 565 g/mol. The molecule has 0 bridgehead atoms. The number of para-hydroxylation sites is 1. The van der Waals surface area contributed by atoms with E-state index < -0.39 is 5.54 Å². The molecule has 2 aromatic carbocycles. The van der Waals surface area contributed by atoms with Crippen LogP contribution in [-0.4, -0.2) is 41.1 Å². The topological polar surface area (TPSA) is 32.3 Å².